The number of para-hydroxylation sites is 1. The molecule has 1 aromatic carbocycles. The number of benzene rings is 1. The Labute approximate surface area is 101 Å². The summed E-state index contributed by atoms with van der Waals surface area (Å²) in [5, 5.41) is 4.63. The van der Waals surface area contributed by atoms with Crippen LogP contribution in [0.4, 0.5) is 0 Å². The summed E-state index contributed by atoms with van der Waals surface area (Å²) in [5.41, 5.74) is 2.45. The minimum absolute atomic E-state index is 0.421. The van der Waals surface area contributed by atoms with Gasteiger partial charge < -0.3 is 15.0 Å². The maximum absolute atomic E-state index is 5.98. The van der Waals surface area contributed by atoms with E-state index in [1.165, 1.54) is 16.5 Å². The molecule has 1 aliphatic heterocycles. The summed E-state index contributed by atoms with van der Waals surface area (Å²) in [6, 6.07) is 8.37. The molecule has 1 saturated heterocycles. The van der Waals surface area contributed by atoms with E-state index in [1.807, 2.05) is 0 Å². The zero-order valence-electron chi connectivity index (χ0n) is 9.91. The molecule has 0 bridgehead atoms. The van der Waals surface area contributed by atoms with Crippen molar-refractivity contribution in [3.8, 4) is 0 Å². The third kappa shape index (κ3) is 2.35. The van der Waals surface area contributed by atoms with Gasteiger partial charge in [-0.25, -0.2) is 0 Å². The third-order valence-corrected chi connectivity index (χ3v) is 3.44. The summed E-state index contributed by atoms with van der Waals surface area (Å²) < 4.78 is 5.98. The second kappa shape index (κ2) is 4.90. The molecule has 0 spiro atoms. The van der Waals surface area contributed by atoms with Gasteiger partial charge in [0.05, 0.1) is 12.7 Å². The summed E-state index contributed by atoms with van der Waals surface area (Å²) in [6.45, 7) is 2.88. The SMILES string of the molecule is c1ccc2c(COC3CCNCC3)c[nH]c2c1. The Balaban J connectivity index is 1.68. The molecule has 1 aliphatic rings. The lowest BCUT2D eigenvalue weighted by Crippen LogP contribution is -2.32. The molecule has 2 heterocycles. The van der Waals surface area contributed by atoms with E-state index < -0.39 is 0 Å². The molecule has 0 saturated carbocycles. The highest BCUT2D eigenvalue weighted by atomic mass is 16.5. The molecule has 0 radical (unpaired) electrons. The maximum atomic E-state index is 5.98. The van der Waals surface area contributed by atoms with Gasteiger partial charge in [0.15, 0.2) is 0 Å². The predicted molar refractivity (Wildman–Crippen MR) is 69.0 cm³/mol. The van der Waals surface area contributed by atoms with Crippen molar-refractivity contribution in [2.24, 2.45) is 0 Å². The lowest BCUT2D eigenvalue weighted by Gasteiger charge is -2.22. The van der Waals surface area contributed by atoms with Crippen molar-refractivity contribution in [3.05, 3.63) is 36.0 Å². The maximum Gasteiger partial charge on any atom is 0.0741 e. The zero-order chi connectivity index (χ0) is 11.5. The Morgan fingerprint density at radius 2 is 2.00 bits per heavy atom. The lowest BCUT2D eigenvalue weighted by atomic mass is 10.1. The Bertz CT molecular complexity index is 486. The van der Waals surface area contributed by atoms with Gasteiger partial charge in [0.25, 0.3) is 0 Å². The summed E-state index contributed by atoms with van der Waals surface area (Å²) >= 11 is 0. The minimum Gasteiger partial charge on any atom is -0.373 e. The van der Waals surface area contributed by atoms with Gasteiger partial charge in [0.2, 0.25) is 0 Å². The molecule has 3 nitrogen and oxygen atoms in total. The Kier molecular flexibility index (Phi) is 3.12. The second-order valence-electron chi connectivity index (χ2n) is 4.62. The number of ether oxygens (including phenoxy) is 1. The van der Waals surface area contributed by atoms with E-state index in [9.17, 15) is 0 Å². The van der Waals surface area contributed by atoms with E-state index >= 15 is 0 Å². The van der Waals surface area contributed by atoms with E-state index in [-0.39, 0.29) is 0 Å². The number of aromatic amines is 1. The summed E-state index contributed by atoms with van der Waals surface area (Å²) in [7, 11) is 0. The average Bonchev–Trinajstić information content (AvgIpc) is 2.81. The molecule has 3 rings (SSSR count). The molecule has 1 aromatic heterocycles. The smallest absolute Gasteiger partial charge is 0.0741 e. The van der Waals surface area contributed by atoms with Crippen LogP contribution < -0.4 is 5.32 Å². The monoisotopic (exact) mass is 230 g/mol. The third-order valence-electron chi connectivity index (χ3n) is 3.44. The summed E-state index contributed by atoms with van der Waals surface area (Å²) in [6.07, 6.45) is 4.74. The van der Waals surface area contributed by atoms with Gasteiger partial charge >= 0.3 is 0 Å². The fourth-order valence-electron chi connectivity index (χ4n) is 2.42. The van der Waals surface area contributed by atoms with Gasteiger partial charge in [0, 0.05) is 22.7 Å². The quantitative estimate of drug-likeness (QED) is 0.849. The summed E-state index contributed by atoms with van der Waals surface area (Å²) in [5.74, 6) is 0. The van der Waals surface area contributed by atoms with Crippen LogP contribution in [0.25, 0.3) is 10.9 Å². The van der Waals surface area contributed by atoms with Crippen LogP contribution in [-0.4, -0.2) is 24.2 Å². The van der Waals surface area contributed by atoms with Crippen LogP contribution in [0.5, 0.6) is 0 Å². The molecule has 17 heavy (non-hydrogen) atoms. The topological polar surface area (TPSA) is 37.0 Å². The highest BCUT2D eigenvalue weighted by Crippen LogP contribution is 2.20. The van der Waals surface area contributed by atoms with Crippen molar-refractivity contribution in [2.45, 2.75) is 25.6 Å². The molecule has 0 amide bonds. The summed E-state index contributed by atoms with van der Waals surface area (Å²) in [4.78, 5) is 3.28. The Hall–Kier alpha value is -1.32. The van der Waals surface area contributed by atoms with Crippen LogP contribution >= 0.6 is 0 Å². The number of hydrogen-bond acceptors (Lipinski definition) is 2. The van der Waals surface area contributed by atoms with Gasteiger partial charge in [-0.05, 0) is 32.0 Å². The highest BCUT2D eigenvalue weighted by molar-refractivity contribution is 5.82. The molecule has 90 valence electrons. The first-order valence-electron chi connectivity index (χ1n) is 6.31. The van der Waals surface area contributed by atoms with E-state index in [4.69, 9.17) is 4.74 Å². The van der Waals surface area contributed by atoms with E-state index in [2.05, 4.69) is 40.8 Å². The van der Waals surface area contributed by atoms with Crippen molar-refractivity contribution in [1.29, 1.82) is 0 Å². The van der Waals surface area contributed by atoms with Crippen LogP contribution in [0.3, 0.4) is 0 Å². The predicted octanol–water partition coefficient (Wildman–Crippen LogP) is 2.44. The number of aromatic nitrogens is 1. The van der Waals surface area contributed by atoms with Crippen molar-refractivity contribution in [2.75, 3.05) is 13.1 Å². The van der Waals surface area contributed by atoms with Crippen LogP contribution in [0.2, 0.25) is 0 Å². The van der Waals surface area contributed by atoms with Crippen LogP contribution in [0.15, 0.2) is 30.5 Å². The van der Waals surface area contributed by atoms with Gasteiger partial charge in [-0.3, -0.25) is 0 Å². The number of fused-ring (bicyclic) bond motifs is 1. The van der Waals surface area contributed by atoms with Crippen LogP contribution in [0, 0.1) is 0 Å². The molecular weight excluding hydrogens is 212 g/mol. The fourth-order valence-corrected chi connectivity index (χ4v) is 2.42. The fraction of sp³-hybridized carbons (Fsp3) is 0.429. The first-order valence-corrected chi connectivity index (χ1v) is 6.31. The largest absolute Gasteiger partial charge is 0.373 e. The number of rotatable bonds is 3. The molecule has 1 fully saturated rings. The molecule has 2 aromatic rings. The number of hydrogen-bond donors (Lipinski definition) is 2. The first kappa shape index (κ1) is 10.8. The standard InChI is InChI=1S/C14H18N2O/c1-2-4-14-13(3-1)11(9-16-14)10-17-12-5-7-15-8-6-12/h1-4,9,12,15-16H,5-8,10H2. The van der Waals surface area contributed by atoms with Gasteiger partial charge in [-0.1, -0.05) is 18.2 Å². The van der Waals surface area contributed by atoms with Crippen molar-refractivity contribution in [3.63, 3.8) is 0 Å². The second-order valence-corrected chi connectivity index (χ2v) is 4.62. The van der Waals surface area contributed by atoms with Crippen molar-refractivity contribution in [1.82, 2.24) is 10.3 Å². The molecule has 0 unspecified atom stereocenters. The molecule has 2 N–H and O–H groups in total. The van der Waals surface area contributed by atoms with E-state index in [1.54, 1.807) is 0 Å². The van der Waals surface area contributed by atoms with Crippen LogP contribution in [-0.2, 0) is 11.3 Å². The first-order chi connectivity index (χ1) is 8.43. The van der Waals surface area contributed by atoms with Gasteiger partial charge in [-0.2, -0.15) is 0 Å². The number of H-pyrrole nitrogens is 1. The van der Waals surface area contributed by atoms with Gasteiger partial charge in [0.1, 0.15) is 0 Å². The number of nitrogens with one attached hydrogen (secondary N) is 2. The minimum atomic E-state index is 0.421. The van der Waals surface area contributed by atoms with E-state index in [0.717, 1.165) is 25.9 Å². The van der Waals surface area contributed by atoms with Crippen molar-refractivity contribution < 1.29 is 4.74 Å². The van der Waals surface area contributed by atoms with Crippen LogP contribution in [0.1, 0.15) is 18.4 Å². The number of piperidine rings is 1. The highest BCUT2D eigenvalue weighted by Gasteiger charge is 2.13. The molecule has 3 heteroatoms. The van der Waals surface area contributed by atoms with E-state index in [0.29, 0.717) is 12.7 Å². The Morgan fingerprint density at radius 1 is 1.18 bits per heavy atom. The zero-order valence-corrected chi connectivity index (χ0v) is 9.91. The average molecular weight is 230 g/mol. The normalized spacial score (nSPS) is 17.6. The Morgan fingerprint density at radius 3 is 2.88 bits per heavy atom. The van der Waals surface area contributed by atoms with Gasteiger partial charge in [-0.15, -0.1) is 0 Å². The molecule has 0 atom stereocenters. The lowest BCUT2D eigenvalue weighted by molar-refractivity contribution is 0.0218. The van der Waals surface area contributed by atoms with Crippen molar-refractivity contribution >= 4 is 10.9 Å². The molecule has 0 aliphatic carbocycles. The molecular formula is C14H18N2O.